The number of aryl methyl sites for hydroxylation is 1. The predicted octanol–water partition coefficient (Wildman–Crippen LogP) is 11.4. The van der Waals surface area contributed by atoms with Crippen molar-refractivity contribution in [3.05, 3.63) is 102 Å². The highest BCUT2D eigenvalue weighted by molar-refractivity contribution is 6.93. The normalized spacial score (nSPS) is 33.3. The van der Waals surface area contributed by atoms with Crippen LogP contribution in [0.2, 0.25) is 0 Å². The molecule has 3 aliphatic heterocycles. The molecule has 1 aromatic heterocycles. The molecule has 0 spiro atoms. The molecule has 8 saturated carbocycles. The van der Waals surface area contributed by atoms with Crippen molar-refractivity contribution in [1.82, 2.24) is 4.57 Å². The second-order valence-electron chi connectivity index (χ2n) is 20.7. The van der Waals surface area contributed by atoms with E-state index in [9.17, 15) is 0 Å². The Labute approximate surface area is 324 Å². The SMILES string of the molecule is Cc1cc2c3c(c1)-n1c4ccc(C56CC7CC(CC(C7)C5)C6)cc4c4cc(C56CC7CC(CC(C7)C5)C6)cc(c41)B3N1c3ccccc3Oc3cccc-2c31. The van der Waals surface area contributed by atoms with Gasteiger partial charge in [0.25, 0.3) is 0 Å². The summed E-state index contributed by atoms with van der Waals surface area (Å²) in [5.74, 6) is 7.50. The van der Waals surface area contributed by atoms with E-state index in [0.717, 1.165) is 47.0 Å². The van der Waals surface area contributed by atoms with Crippen LogP contribution in [-0.4, -0.2) is 11.4 Å². The Hall–Kier alpha value is -4.44. The summed E-state index contributed by atoms with van der Waals surface area (Å²) in [7, 11) is 0. The molecule has 0 unspecified atom stereocenters. The zero-order valence-corrected chi connectivity index (χ0v) is 31.9. The fourth-order valence-electron chi connectivity index (χ4n) is 16.4. The minimum atomic E-state index is 0.0695. The molecule has 8 aliphatic carbocycles. The van der Waals surface area contributed by atoms with Crippen molar-refractivity contribution < 1.29 is 4.74 Å². The van der Waals surface area contributed by atoms with E-state index in [4.69, 9.17) is 4.74 Å². The summed E-state index contributed by atoms with van der Waals surface area (Å²) in [6.07, 6.45) is 17.3. The first-order valence-electron chi connectivity index (χ1n) is 22.0. The third-order valence-corrected chi connectivity index (χ3v) is 17.4. The standard InChI is InChI=1S/C51H47BN2O/c1-28-11-39-37-5-4-8-46-49(37)54(43-6-2-3-7-45(43)55-46)52-41-21-36(51-25-32-16-33(26-51)18-34(17-32)27-51)20-40-38-19-35(50-22-29-13-30(23-50)15-31(14-29)24-50)9-10-42(38)53(48(40)41)44(12-28)47(39)52/h2-12,19-21,29-34H,13-18,22-27H2,1H3. The fourth-order valence-corrected chi connectivity index (χ4v) is 16.4. The molecule has 8 fully saturated rings. The van der Waals surface area contributed by atoms with Gasteiger partial charge in [-0.3, -0.25) is 0 Å². The monoisotopic (exact) mass is 714 g/mol. The minimum Gasteiger partial charge on any atom is -0.453 e. The maximum atomic E-state index is 6.76. The van der Waals surface area contributed by atoms with Gasteiger partial charge in [0.1, 0.15) is 5.75 Å². The quantitative estimate of drug-likeness (QED) is 0.166. The van der Waals surface area contributed by atoms with Gasteiger partial charge in [0.15, 0.2) is 5.75 Å². The lowest BCUT2D eigenvalue weighted by Gasteiger charge is -2.57. The second-order valence-corrected chi connectivity index (χ2v) is 20.7. The molecular weight excluding hydrogens is 667 g/mol. The third kappa shape index (κ3) is 3.64. The summed E-state index contributed by atoms with van der Waals surface area (Å²) >= 11 is 0. The maximum Gasteiger partial charge on any atom is 0.333 e. The first-order valence-corrected chi connectivity index (χ1v) is 22.0. The Morgan fingerprint density at radius 2 is 1.22 bits per heavy atom. The van der Waals surface area contributed by atoms with Crippen molar-refractivity contribution in [3.8, 4) is 28.3 Å². The lowest BCUT2D eigenvalue weighted by molar-refractivity contribution is -0.00526. The molecule has 0 amide bonds. The van der Waals surface area contributed by atoms with Crippen LogP contribution in [-0.2, 0) is 10.8 Å². The number of hydrogen-bond donors (Lipinski definition) is 0. The highest BCUT2D eigenvalue weighted by Gasteiger charge is 2.54. The van der Waals surface area contributed by atoms with Crippen molar-refractivity contribution in [3.63, 3.8) is 0 Å². The van der Waals surface area contributed by atoms with Crippen LogP contribution in [0.3, 0.4) is 0 Å². The highest BCUT2D eigenvalue weighted by atomic mass is 16.5. The zero-order valence-electron chi connectivity index (χ0n) is 31.9. The minimum absolute atomic E-state index is 0.0695. The summed E-state index contributed by atoms with van der Waals surface area (Å²) in [5, 5.41) is 3.02. The van der Waals surface area contributed by atoms with Crippen molar-refractivity contribution in [2.45, 2.75) is 94.8 Å². The molecule has 17 rings (SSSR count). The van der Waals surface area contributed by atoms with Crippen LogP contribution in [0.5, 0.6) is 11.5 Å². The Morgan fingerprint density at radius 1 is 0.582 bits per heavy atom. The third-order valence-electron chi connectivity index (χ3n) is 17.4. The van der Waals surface area contributed by atoms with E-state index in [1.54, 1.807) is 11.1 Å². The smallest absolute Gasteiger partial charge is 0.333 e. The number of nitrogens with zero attached hydrogens (tertiary/aromatic N) is 2. The van der Waals surface area contributed by atoms with Crippen molar-refractivity contribution in [2.75, 3.05) is 4.81 Å². The van der Waals surface area contributed by atoms with Gasteiger partial charge in [0.05, 0.1) is 22.4 Å². The lowest BCUT2D eigenvalue weighted by Crippen LogP contribution is -2.61. The van der Waals surface area contributed by atoms with Gasteiger partial charge < -0.3 is 14.1 Å². The molecule has 11 aliphatic rings. The van der Waals surface area contributed by atoms with Crippen LogP contribution in [0, 0.1) is 42.4 Å². The molecule has 0 radical (unpaired) electrons. The molecule has 4 heteroatoms. The van der Waals surface area contributed by atoms with Crippen molar-refractivity contribution in [1.29, 1.82) is 0 Å². The first kappa shape index (κ1) is 29.8. The van der Waals surface area contributed by atoms with Crippen LogP contribution < -0.4 is 20.5 Å². The number of rotatable bonds is 2. The number of hydrogen-bond acceptors (Lipinski definition) is 2. The molecule has 4 heterocycles. The molecule has 0 saturated heterocycles. The van der Waals surface area contributed by atoms with E-state index in [1.165, 1.54) is 144 Å². The van der Waals surface area contributed by atoms with E-state index in [0.29, 0.717) is 10.8 Å². The van der Waals surface area contributed by atoms with E-state index >= 15 is 0 Å². The van der Waals surface area contributed by atoms with E-state index in [-0.39, 0.29) is 6.85 Å². The van der Waals surface area contributed by atoms with Gasteiger partial charge in [-0.25, -0.2) is 0 Å². The Morgan fingerprint density at radius 3 is 1.93 bits per heavy atom. The van der Waals surface area contributed by atoms with E-state index in [2.05, 4.69) is 101 Å². The number of para-hydroxylation sites is 3. The van der Waals surface area contributed by atoms with Gasteiger partial charge in [-0.2, -0.15) is 0 Å². The number of aromatic nitrogens is 1. The molecular formula is C51H47BN2O. The van der Waals surface area contributed by atoms with Crippen LogP contribution in [0.15, 0.2) is 84.9 Å². The summed E-state index contributed by atoms with van der Waals surface area (Å²) < 4.78 is 9.49. The molecule has 8 bridgehead atoms. The van der Waals surface area contributed by atoms with Crippen molar-refractivity contribution in [2.24, 2.45) is 35.5 Å². The largest absolute Gasteiger partial charge is 0.453 e. The van der Waals surface area contributed by atoms with Gasteiger partial charge in [-0.1, -0.05) is 42.5 Å². The predicted molar refractivity (Wildman–Crippen MR) is 224 cm³/mol. The van der Waals surface area contributed by atoms with Gasteiger partial charge in [0.2, 0.25) is 0 Å². The van der Waals surface area contributed by atoms with Crippen LogP contribution in [0.1, 0.15) is 93.7 Å². The summed E-state index contributed by atoms with van der Waals surface area (Å²) in [6, 6.07) is 34.0. The van der Waals surface area contributed by atoms with E-state index < -0.39 is 0 Å². The van der Waals surface area contributed by atoms with Crippen LogP contribution in [0.25, 0.3) is 38.6 Å². The molecule has 5 aromatic carbocycles. The second kappa shape index (κ2) is 9.74. The molecule has 0 N–H and O–H groups in total. The summed E-state index contributed by atoms with van der Waals surface area (Å²) in [4.78, 5) is 2.70. The number of fused-ring (bicyclic) bond motifs is 9. The Bertz CT molecular complexity index is 2680. The van der Waals surface area contributed by atoms with Crippen LogP contribution in [0.4, 0.5) is 11.4 Å². The highest BCUT2D eigenvalue weighted by Crippen LogP contribution is 2.63. The number of benzene rings is 5. The van der Waals surface area contributed by atoms with Gasteiger partial charge in [0, 0.05) is 22.0 Å². The molecule has 270 valence electrons. The zero-order chi connectivity index (χ0) is 35.5. The average Bonchev–Trinajstić information content (AvgIpc) is 3.50. The molecule has 55 heavy (non-hydrogen) atoms. The maximum absolute atomic E-state index is 6.76. The van der Waals surface area contributed by atoms with E-state index in [1.807, 2.05) is 0 Å². The fraction of sp³-hybridized carbons (Fsp3) is 0.412. The Balaban J connectivity index is 1.06. The summed E-state index contributed by atoms with van der Waals surface area (Å²) in [5.41, 5.74) is 17.6. The lowest BCUT2D eigenvalue weighted by atomic mass is 9.42. The average molecular weight is 715 g/mol. The molecule has 3 nitrogen and oxygen atoms in total. The van der Waals surface area contributed by atoms with Gasteiger partial charge in [-0.15, -0.1) is 0 Å². The molecule has 6 aromatic rings. The first-order chi connectivity index (χ1) is 27.0. The topological polar surface area (TPSA) is 17.4 Å². The number of anilines is 2. The number of ether oxygens (including phenoxy) is 1. The molecule has 0 atom stereocenters. The summed E-state index contributed by atoms with van der Waals surface area (Å²) in [6.45, 7) is 2.37. The van der Waals surface area contributed by atoms with Crippen molar-refractivity contribution >= 4 is 51.0 Å². The van der Waals surface area contributed by atoms with Gasteiger partial charge >= 0.3 is 6.85 Å². The van der Waals surface area contributed by atoms with Gasteiger partial charge in [-0.05, 0) is 206 Å². The van der Waals surface area contributed by atoms with Crippen LogP contribution >= 0.6 is 0 Å². The Kier molecular flexibility index (Phi) is 5.28.